The van der Waals surface area contributed by atoms with E-state index in [1.165, 1.54) is 0 Å². The summed E-state index contributed by atoms with van der Waals surface area (Å²) in [7, 11) is 0. The summed E-state index contributed by atoms with van der Waals surface area (Å²) in [6.45, 7) is 2.12. The summed E-state index contributed by atoms with van der Waals surface area (Å²) in [5.74, 6) is -1.79. The number of Topliss-reactive ketones (excluding diaryl/α,β-unsaturated/α-hetero) is 1. The quantitative estimate of drug-likeness (QED) is 0.500. The molecule has 0 amide bonds. The van der Waals surface area contributed by atoms with Gasteiger partial charge in [0.25, 0.3) is 0 Å². The molecule has 0 aliphatic rings. The summed E-state index contributed by atoms with van der Waals surface area (Å²) in [4.78, 5) is 22.4. The number of hydrogen-bond donors (Lipinski definition) is 3. The Bertz CT molecular complexity index is 231. The topological polar surface area (TPSA) is 106 Å². The van der Waals surface area contributed by atoms with Crippen LogP contribution in [-0.4, -0.2) is 29.4 Å². The number of aliphatic carboxylic acids is 1. The van der Waals surface area contributed by atoms with Crippen molar-refractivity contribution in [3.8, 4) is 0 Å². The van der Waals surface area contributed by atoms with Gasteiger partial charge in [0.1, 0.15) is 0 Å². The van der Waals surface area contributed by atoms with Crippen LogP contribution in [0.5, 0.6) is 0 Å². The summed E-state index contributed by atoms with van der Waals surface area (Å²) >= 11 is 0. The monoisotopic (exact) mass is 230 g/mol. The van der Waals surface area contributed by atoms with Gasteiger partial charge in [0, 0.05) is 13.0 Å². The standard InChI is InChI=1S/C11H22N2O3/c1-2-3-4-5-8(11(15)16)6-10(14)9(13)7-12/h8-9H,2-7,12-13H2,1H3,(H,15,16)/t8-,9-/m1/s1. The lowest BCUT2D eigenvalue weighted by molar-refractivity contribution is -0.144. The number of carbonyl (C=O) groups excluding carboxylic acids is 1. The molecule has 2 atom stereocenters. The van der Waals surface area contributed by atoms with E-state index in [9.17, 15) is 9.59 Å². The minimum absolute atomic E-state index is 0.00257. The van der Waals surface area contributed by atoms with Crippen LogP contribution < -0.4 is 11.5 Å². The number of carboxylic acid groups (broad SMARTS) is 1. The third-order valence-electron chi connectivity index (χ3n) is 2.62. The second-order valence-corrected chi connectivity index (χ2v) is 4.04. The molecule has 5 N–H and O–H groups in total. The second kappa shape index (κ2) is 8.24. The average molecular weight is 230 g/mol. The Morgan fingerprint density at radius 2 is 1.94 bits per heavy atom. The molecule has 5 heteroatoms. The SMILES string of the molecule is CCCCC[C@H](CC(=O)[C@H](N)CN)C(=O)O. The van der Waals surface area contributed by atoms with Gasteiger partial charge < -0.3 is 16.6 Å². The predicted octanol–water partition coefficient (Wildman–Crippen LogP) is 0.513. The zero-order valence-corrected chi connectivity index (χ0v) is 9.82. The maximum atomic E-state index is 11.5. The molecule has 0 aliphatic carbocycles. The van der Waals surface area contributed by atoms with Crippen LogP contribution >= 0.6 is 0 Å². The fraction of sp³-hybridized carbons (Fsp3) is 0.818. The molecule has 0 saturated carbocycles. The predicted molar refractivity (Wildman–Crippen MR) is 61.9 cm³/mol. The number of hydrogen-bond acceptors (Lipinski definition) is 4. The lowest BCUT2D eigenvalue weighted by Crippen LogP contribution is -2.39. The molecule has 0 rings (SSSR count). The number of carboxylic acids is 1. The van der Waals surface area contributed by atoms with Gasteiger partial charge in [0.15, 0.2) is 5.78 Å². The molecular formula is C11H22N2O3. The van der Waals surface area contributed by atoms with E-state index in [2.05, 4.69) is 0 Å². The maximum Gasteiger partial charge on any atom is 0.306 e. The van der Waals surface area contributed by atoms with Gasteiger partial charge in [-0.3, -0.25) is 9.59 Å². The Kier molecular flexibility index (Phi) is 7.76. The van der Waals surface area contributed by atoms with Gasteiger partial charge in [-0.2, -0.15) is 0 Å². The Morgan fingerprint density at radius 3 is 2.38 bits per heavy atom. The first kappa shape index (κ1) is 15.1. The van der Waals surface area contributed by atoms with Gasteiger partial charge in [-0.05, 0) is 6.42 Å². The summed E-state index contributed by atoms with van der Waals surface area (Å²) < 4.78 is 0. The zero-order valence-electron chi connectivity index (χ0n) is 9.82. The van der Waals surface area contributed by atoms with E-state index in [4.69, 9.17) is 16.6 Å². The van der Waals surface area contributed by atoms with Crippen molar-refractivity contribution in [2.75, 3.05) is 6.54 Å². The van der Waals surface area contributed by atoms with Crippen LogP contribution in [0.3, 0.4) is 0 Å². The molecule has 0 aliphatic heterocycles. The van der Waals surface area contributed by atoms with Gasteiger partial charge in [-0.15, -0.1) is 0 Å². The molecule has 16 heavy (non-hydrogen) atoms. The van der Waals surface area contributed by atoms with Crippen molar-refractivity contribution in [3.05, 3.63) is 0 Å². The van der Waals surface area contributed by atoms with Crippen LogP contribution in [-0.2, 0) is 9.59 Å². The lowest BCUT2D eigenvalue weighted by atomic mass is 9.93. The normalized spacial score (nSPS) is 14.4. The molecule has 0 aromatic heterocycles. The van der Waals surface area contributed by atoms with Crippen LogP contribution in [0.4, 0.5) is 0 Å². The third-order valence-corrected chi connectivity index (χ3v) is 2.62. The van der Waals surface area contributed by atoms with E-state index < -0.39 is 17.9 Å². The molecular weight excluding hydrogens is 208 g/mol. The van der Waals surface area contributed by atoms with Crippen molar-refractivity contribution in [2.45, 2.75) is 45.1 Å². The lowest BCUT2D eigenvalue weighted by Gasteiger charge is -2.13. The molecule has 94 valence electrons. The van der Waals surface area contributed by atoms with Gasteiger partial charge in [0.05, 0.1) is 12.0 Å². The largest absolute Gasteiger partial charge is 0.481 e. The van der Waals surface area contributed by atoms with E-state index in [1.54, 1.807) is 0 Å². The Morgan fingerprint density at radius 1 is 1.31 bits per heavy atom. The van der Waals surface area contributed by atoms with Gasteiger partial charge >= 0.3 is 5.97 Å². The number of carbonyl (C=O) groups is 2. The van der Waals surface area contributed by atoms with Crippen LogP contribution in [0.15, 0.2) is 0 Å². The molecule has 0 radical (unpaired) electrons. The molecule has 0 unspecified atom stereocenters. The van der Waals surface area contributed by atoms with Crippen molar-refractivity contribution in [1.82, 2.24) is 0 Å². The summed E-state index contributed by atoms with van der Waals surface area (Å²) in [5.41, 5.74) is 10.7. The van der Waals surface area contributed by atoms with Crippen molar-refractivity contribution in [1.29, 1.82) is 0 Å². The first-order valence-electron chi connectivity index (χ1n) is 5.74. The first-order valence-corrected chi connectivity index (χ1v) is 5.74. The molecule has 5 nitrogen and oxygen atoms in total. The van der Waals surface area contributed by atoms with Crippen molar-refractivity contribution >= 4 is 11.8 Å². The first-order chi connectivity index (χ1) is 7.52. The highest BCUT2D eigenvalue weighted by Crippen LogP contribution is 2.15. The smallest absolute Gasteiger partial charge is 0.306 e. The minimum Gasteiger partial charge on any atom is -0.481 e. The molecule has 0 bridgehead atoms. The highest BCUT2D eigenvalue weighted by molar-refractivity contribution is 5.87. The summed E-state index contributed by atoms with van der Waals surface area (Å²) in [5, 5.41) is 8.95. The van der Waals surface area contributed by atoms with Crippen LogP contribution in [0.1, 0.15) is 39.0 Å². The molecule has 0 saturated heterocycles. The highest BCUT2D eigenvalue weighted by atomic mass is 16.4. The fourth-order valence-corrected chi connectivity index (χ4v) is 1.48. The molecule has 0 fully saturated rings. The summed E-state index contributed by atoms with van der Waals surface area (Å²) in [6, 6.07) is -0.729. The maximum absolute atomic E-state index is 11.5. The number of unbranched alkanes of at least 4 members (excludes halogenated alkanes) is 2. The van der Waals surface area contributed by atoms with E-state index in [1.807, 2.05) is 6.92 Å². The van der Waals surface area contributed by atoms with Crippen molar-refractivity contribution < 1.29 is 14.7 Å². The van der Waals surface area contributed by atoms with Crippen molar-refractivity contribution in [2.24, 2.45) is 17.4 Å². The van der Waals surface area contributed by atoms with E-state index in [0.717, 1.165) is 19.3 Å². The number of nitrogens with two attached hydrogens (primary N) is 2. The minimum atomic E-state index is -0.923. The van der Waals surface area contributed by atoms with E-state index >= 15 is 0 Å². The van der Waals surface area contributed by atoms with E-state index in [-0.39, 0.29) is 18.7 Å². The Hall–Kier alpha value is -0.940. The van der Waals surface area contributed by atoms with Crippen LogP contribution in [0, 0.1) is 5.92 Å². The van der Waals surface area contributed by atoms with Gasteiger partial charge in [-0.1, -0.05) is 26.2 Å². The van der Waals surface area contributed by atoms with Gasteiger partial charge in [0.2, 0.25) is 0 Å². The Balaban J connectivity index is 4.12. The summed E-state index contributed by atoms with van der Waals surface area (Å²) in [6.07, 6.45) is 3.38. The number of rotatable bonds is 9. The third kappa shape index (κ3) is 5.82. The average Bonchev–Trinajstić information content (AvgIpc) is 2.26. The van der Waals surface area contributed by atoms with Crippen LogP contribution in [0.25, 0.3) is 0 Å². The molecule has 0 spiro atoms. The van der Waals surface area contributed by atoms with Crippen molar-refractivity contribution in [3.63, 3.8) is 0 Å². The number of ketones is 1. The zero-order chi connectivity index (χ0) is 12.6. The second-order valence-electron chi connectivity index (χ2n) is 4.04. The highest BCUT2D eigenvalue weighted by Gasteiger charge is 2.23. The molecule has 0 heterocycles. The molecule has 0 aromatic carbocycles. The molecule has 0 aromatic rings. The van der Waals surface area contributed by atoms with Gasteiger partial charge in [-0.25, -0.2) is 0 Å². The van der Waals surface area contributed by atoms with E-state index in [0.29, 0.717) is 6.42 Å². The van der Waals surface area contributed by atoms with Crippen LogP contribution in [0.2, 0.25) is 0 Å². The Labute approximate surface area is 96.2 Å². The fourth-order valence-electron chi connectivity index (χ4n) is 1.48.